The lowest BCUT2D eigenvalue weighted by atomic mass is 10.2. The van der Waals surface area contributed by atoms with Gasteiger partial charge in [0, 0.05) is 18.8 Å². The molecule has 0 spiro atoms. The fraction of sp³-hybridized carbons (Fsp3) is 0.263. The average molecular weight is 447 g/mol. The first-order chi connectivity index (χ1) is 14.8. The number of nitrogens with one attached hydrogen (secondary N) is 2. The summed E-state index contributed by atoms with van der Waals surface area (Å²) in [5, 5.41) is 16.1. The van der Waals surface area contributed by atoms with Crippen molar-refractivity contribution in [1.29, 1.82) is 0 Å². The van der Waals surface area contributed by atoms with Crippen LogP contribution in [0.1, 0.15) is 13.8 Å². The maximum atomic E-state index is 14.1. The molecule has 0 aliphatic carbocycles. The number of halogens is 1. The maximum Gasteiger partial charge on any atom is 0.243 e. The second kappa shape index (κ2) is 9.62. The van der Waals surface area contributed by atoms with Crippen molar-refractivity contribution in [2.24, 2.45) is 0 Å². The first kappa shape index (κ1) is 22.3. The molecule has 2 aromatic carbocycles. The SMILES string of the molecule is CCN(CC)S(=O)(=O)c1cccc(NC(=O)CNc2cc(-n3cnnn3)ccc2F)c1. The number of tetrazole rings is 1. The molecule has 3 aromatic rings. The molecule has 10 nitrogen and oxygen atoms in total. The van der Waals surface area contributed by atoms with Crippen molar-refractivity contribution in [2.75, 3.05) is 30.3 Å². The van der Waals surface area contributed by atoms with E-state index in [-0.39, 0.29) is 17.1 Å². The molecule has 2 N–H and O–H groups in total. The summed E-state index contributed by atoms with van der Waals surface area (Å²) in [5.41, 5.74) is 0.938. The molecule has 3 rings (SSSR count). The number of rotatable bonds is 9. The van der Waals surface area contributed by atoms with Crippen molar-refractivity contribution >= 4 is 27.3 Å². The number of anilines is 2. The van der Waals surface area contributed by atoms with E-state index in [2.05, 4.69) is 26.2 Å². The molecule has 12 heteroatoms. The number of carbonyl (C=O) groups excluding carboxylic acids is 1. The number of sulfonamides is 1. The predicted octanol–water partition coefficient (Wildman–Crippen LogP) is 1.88. The molecule has 0 saturated carbocycles. The Balaban J connectivity index is 1.68. The Morgan fingerprint density at radius 2 is 1.94 bits per heavy atom. The van der Waals surface area contributed by atoms with Crippen molar-refractivity contribution in [3.8, 4) is 5.69 Å². The van der Waals surface area contributed by atoms with Crippen molar-refractivity contribution in [2.45, 2.75) is 18.7 Å². The van der Waals surface area contributed by atoms with E-state index in [9.17, 15) is 17.6 Å². The smallest absolute Gasteiger partial charge is 0.243 e. The van der Waals surface area contributed by atoms with Crippen molar-refractivity contribution in [3.63, 3.8) is 0 Å². The van der Waals surface area contributed by atoms with Crippen LogP contribution in [-0.2, 0) is 14.8 Å². The lowest BCUT2D eigenvalue weighted by Crippen LogP contribution is -2.30. The van der Waals surface area contributed by atoms with Gasteiger partial charge in [-0.2, -0.15) is 4.31 Å². The van der Waals surface area contributed by atoms with E-state index in [0.717, 1.165) is 0 Å². The molecule has 0 saturated heterocycles. The van der Waals surface area contributed by atoms with E-state index < -0.39 is 21.7 Å². The monoisotopic (exact) mass is 447 g/mol. The molecule has 0 fully saturated rings. The highest BCUT2D eigenvalue weighted by Crippen LogP contribution is 2.20. The second-order valence-corrected chi connectivity index (χ2v) is 8.38. The summed E-state index contributed by atoms with van der Waals surface area (Å²) in [6.07, 6.45) is 1.36. The van der Waals surface area contributed by atoms with Crippen LogP contribution in [0.25, 0.3) is 5.69 Å². The highest BCUT2D eigenvalue weighted by Gasteiger charge is 2.21. The molecule has 164 valence electrons. The number of hydrogen-bond donors (Lipinski definition) is 2. The Kier molecular flexibility index (Phi) is 6.92. The molecule has 1 aromatic heterocycles. The Labute approximate surface area is 179 Å². The third-order valence-corrected chi connectivity index (χ3v) is 6.51. The molecule has 0 atom stereocenters. The van der Waals surface area contributed by atoms with E-state index in [1.807, 2.05) is 0 Å². The zero-order chi connectivity index (χ0) is 22.4. The summed E-state index contributed by atoms with van der Waals surface area (Å²) in [7, 11) is -3.65. The van der Waals surface area contributed by atoms with Crippen LogP contribution in [0.3, 0.4) is 0 Å². The Morgan fingerprint density at radius 1 is 1.16 bits per heavy atom. The summed E-state index contributed by atoms with van der Waals surface area (Å²) in [6, 6.07) is 10.2. The van der Waals surface area contributed by atoms with E-state index in [1.165, 1.54) is 45.6 Å². The standard InChI is InChI=1S/C19H22FN7O3S/c1-3-26(4-2)31(29,30)16-7-5-6-14(10-16)23-19(28)12-21-18-11-15(8-9-17(18)20)27-13-22-24-25-27/h5-11,13,21H,3-4,12H2,1-2H3,(H,23,28). The Morgan fingerprint density at radius 3 is 2.61 bits per heavy atom. The van der Waals surface area contributed by atoms with Gasteiger partial charge in [0.1, 0.15) is 12.1 Å². The minimum atomic E-state index is -3.65. The summed E-state index contributed by atoms with van der Waals surface area (Å²) in [5.74, 6) is -1.01. The van der Waals surface area contributed by atoms with Gasteiger partial charge < -0.3 is 10.6 Å². The van der Waals surface area contributed by atoms with E-state index in [1.54, 1.807) is 26.0 Å². The third-order valence-electron chi connectivity index (χ3n) is 4.46. The maximum absolute atomic E-state index is 14.1. The zero-order valence-corrected chi connectivity index (χ0v) is 17.8. The van der Waals surface area contributed by atoms with Gasteiger partial charge in [0.25, 0.3) is 0 Å². The lowest BCUT2D eigenvalue weighted by molar-refractivity contribution is -0.114. The fourth-order valence-corrected chi connectivity index (χ4v) is 4.40. The molecule has 0 radical (unpaired) electrons. The Hall–Kier alpha value is -3.38. The normalized spacial score (nSPS) is 11.5. The van der Waals surface area contributed by atoms with Crippen LogP contribution in [0.15, 0.2) is 53.7 Å². The highest BCUT2D eigenvalue weighted by atomic mass is 32.2. The van der Waals surface area contributed by atoms with Gasteiger partial charge in [-0.15, -0.1) is 5.10 Å². The van der Waals surface area contributed by atoms with Crippen molar-refractivity contribution < 1.29 is 17.6 Å². The zero-order valence-electron chi connectivity index (χ0n) is 17.0. The minimum Gasteiger partial charge on any atom is -0.374 e. The lowest BCUT2D eigenvalue weighted by Gasteiger charge is -2.19. The number of amides is 1. The summed E-state index contributed by atoms with van der Waals surface area (Å²) in [6.45, 7) is 3.96. The largest absolute Gasteiger partial charge is 0.374 e. The molecule has 31 heavy (non-hydrogen) atoms. The van der Waals surface area contributed by atoms with Crippen LogP contribution >= 0.6 is 0 Å². The van der Waals surface area contributed by atoms with Crippen LogP contribution in [0, 0.1) is 5.82 Å². The van der Waals surface area contributed by atoms with E-state index >= 15 is 0 Å². The number of carbonyl (C=O) groups is 1. The van der Waals surface area contributed by atoms with E-state index in [4.69, 9.17) is 0 Å². The molecule has 1 amide bonds. The Bertz CT molecular complexity index is 1150. The minimum absolute atomic E-state index is 0.0853. The summed E-state index contributed by atoms with van der Waals surface area (Å²) in [4.78, 5) is 12.4. The molecule has 0 aliphatic rings. The van der Waals surface area contributed by atoms with Gasteiger partial charge >= 0.3 is 0 Å². The average Bonchev–Trinajstić information content (AvgIpc) is 3.29. The quantitative estimate of drug-likeness (QED) is 0.514. The molecular weight excluding hydrogens is 425 g/mol. The van der Waals surface area contributed by atoms with Gasteiger partial charge in [0.05, 0.1) is 22.8 Å². The van der Waals surface area contributed by atoms with Gasteiger partial charge in [-0.3, -0.25) is 4.79 Å². The van der Waals surface area contributed by atoms with Gasteiger partial charge in [0.15, 0.2) is 0 Å². The third kappa shape index (κ3) is 5.22. The highest BCUT2D eigenvalue weighted by molar-refractivity contribution is 7.89. The van der Waals surface area contributed by atoms with Crippen LogP contribution < -0.4 is 10.6 Å². The predicted molar refractivity (Wildman–Crippen MR) is 113 cm³/mol. The number of hydrogen-bond acceptors (Lipinski definition) is 7. The number of aromatic nitrogens is 4. The molecule has 0 unspecified atom stereocenters. The van der Waals surface area contributed by atoms with Crippen LogP contribution in [0.2, 0.25) is 0 Å². The molecule has 1 heterocycles. The summed E-state index contributed by atoms with van der Waals surface area (Å²) >= 11 is 0. The molecular formula is C19H22FN7O3S. The van der Waals surface area contributed by atoms with Gasteiger partial charge in [-0.25, -0.2) is 17.5 Å². The van der Waals surface area contributed by atoms with Gasteiger partial charge in [-0.05, 0) is 46.8 Å². The van der Waals surface area contributed by atoms with Gasteiger partial charge in [-0.1, -0.05) is 19.9 Å². The first-order valence-corrected chi connectivity index (χ1v) is 11.0. The van der Waals surface area contributed by atoms with Crippen LogP contribution in [0.4, 0.5) is 15.8 Å². The van der Waals surface area contributed by atoms with Gasteiger partial charge in [0.2, 0.25) is 15.9 Å². The van der Waals surface area contributed by atoms with E-state index in [0.29, 0.717) is 24.5 Å². The molecule has 0 bridgehead atoms. The number of nitrogens with zero attached hydrogens (tertiary/aromatic N) is 5. The van der Waals surface area contributed by atoms with Crippen molar-refractivity contribution in [3.05, 3.63) is 54.6 Å². The molecule has 0 aliphatic heterocycles. The summed E-state index contributed by atoms with van der Waals surface area (Å²) < 4.78 is 42.1. The second-order valence-electron chi connectivity index (χ2n) is 6.44. The van der Waals surface area contributed by atoms with Crippen LogP contribution in [-0.4, -0.2) is 58.5 Å². The number of benzene rings is 2. The topological polar surface area (TPSA) is 122 Å². The first-order valence-electron chi connectivity index (χ1n) is 9.52. The fourth-order valence-electron chi connectivity index (χ4n) is 2.90. The van der Waals surface area contributed by atoms with Crippen LogP contribution in [0.5, 0.6) is 0 Å². The van der Waals surface area contributed by atoms with Crippen molar-refractivity contribution in [1.82, 2.24) is 24.5 Å².